The first-order chi connectivity index (χ1) is 12.7. The quantitative estimate of drug-likeness (QED) is 0.654. The van der Waals surface area contributed by atoms with Crippen LogP contribution in [-0.4, -0.2) is 25.0 Å². The molecule has 1 aliphatic rings. The Balaban J connectivity index is 1.44. The molecule has 0 aliphatic carbocycles. The second kappa shape index (κ2) is 7.14. The van der Waals surface area contributed by atoms with E-state index in [1.54, 1.807) is 4.90 Å². The third-order valence-electron chi connectivity index (χ3n) is 4.45. The maximum absolute atomic E-state index is 12.5. The number of para-hydroxylation sites is 1. The molecule has 0 saturated carbocycles. The molecule has 2 aromatic carbocycles. The lowest BCUT2D eigenvalue weighted by Crippen LogP contribution is -2.33. The van der Waals surface area contributed by atoms with Crippen LogP contribution >= 0.6 is 11.3 Å². The first kappa shape index (κ1) is 16.5. The Hall–Kier alpha value is -2.92. The van der Waals surface area contributed by atoms with Gasteiger partial charge in [-0.05, 0) is 35.1 Å². The van der Waals surface area contributed by atoms with Gasteiger partial charge in [0.05, 0.1) is 0 Å². The fourth-order valence-corrected chi connectivity index (χ4v) is 3.99. The summed E-state index contributed by atoms with van der Waals surface area (Å²) in [5.74, 6) is -0.652. The Morgan fingerprint density at radius 1 is 1.00 bits per heavy atom. The van der Waals surface area contributed by atoms with E-state index in [2.05, 4.69) is 0 Å². The van der Waals surface area contributed by atoms with Crippen LogP contribution < -0.4 is 4.90 Å². The Morgan fingerprint density at radius 2 is 1.77 bits per heavy atom. The average molecular weight is 363 g/mol. The standard InChI is InChI=1S/C21H17NO3S/c23-19(22-12-10-16-8-4-5-9-18(16)22)14-25-21(24)20-17(11-13-26-20)15-6-2-1-3-7-15/h1-9,11,13H,10,12,14H2. The van der Waals surface area contributed by atoms with E-state index < -0.39 is 5.97 Å². The number of fused-ring (bicyclic) bond motifs is 1. The number of hydrogen-bond acceptors (Lipinski definition) is 4. The van der Waals surface area contributed by atoms with E-state index in [9.17, 15) is 9.59 Å². The van der Waals surface area contributed by atoms with Crippen LogP contribution in [-0.2, 0) is 16.0 Å². The molecule has 4 nitrogen and oxygen atoms in total. The largest absolute Gasteiger partial charge is 0.451 e. The minimum Gasteiger partial charge on any atom is -0.451 e. The monoisotopic (exact) mass is 363 g/mol. The van der Waals surface area contributed by atoms with Crippen LogP contribution in [0.25, 0.3) is 11.1 Å². The SMILES string of the molecule is O=C(OCC(=O)N1CCc2ccccc21)c1sccc1-c1ccccc1. The Labute approximate surface area is 155 Å². The van der Waals surface area contributed by atoms with Gasteiger partial charge in [0, 0.05) is 17.8 Å². The van der Waals surface area contributed by atoms with Crippen LogP contribution in [0.1, 0.15) is 15.2 Å². The summed E-state index contributed by atoms with van der Waals surface area (Å²) in [6.45, 7) is 0.378. The van der Waals surface area contributed by atoms with Crippen molar-refractivity contribution in [1.29, 1.82) is 0 Å². The summed E-state index contributed by atoms with van der Waals surface area (Å²) in [6, 6.07) is 19.4. The molecular formula is C21H17NO3S. The predicted molar refractivity (Wildman–Crippen MR) is 103 cm³/mol. The summed E-state index contributed by atoms with van der Waals surface area (Å²) in [5.41, 5.74) is 3.85. The number of nitrogens with zero attached hydrogens (tertiary/aromatic N) is 1. The zero-order valence-corrected chi connectivity index (χ0v) is 14.9. The van der Waals surface area contributed by atoms with Crippen molar-refractivity contribution in [2.45, 2.75) is 6.42 Å². The van der Waals surface area contributed by atoms with Crippen molar-refractivity contribution in [3.63, 3.8) is 0 Å². The summed E-state index contributed by atoms with van der Waals surface area (Å²) in [6.07, 6.45) is 0.832. The summed E-state index contributed by atoms with van der Waals surface area (Å²) in [5, 5.41) is 1.86. The Morgan fingerprint density at radius 3 is 2.62 bits per heavy atom. The number of benzene rings is 2. The zero-order valence-electron chi connectivity index (χ0n) is 14.1. The highest BCUT2D eigenvalue weighted by Gasteiger charge is 2.25. The van der Waals surface area contributed by atoms with E-state index in [1.165, 1.54) is 11.3 Å². The lowest BCUT2D eigenvalue weighted by atomic mass is 10.1. The van der Waals surface area contributed by atoms with E-state index in [4.69, 9.17) is 4.74 Å². The zero-order chi connectivity index (χ0) is 17.9. The van der Waals surface area contributed by atoms with Gasteiger partial charge in [0.1, 0.15) is 4.88 Å². The van der Waals surface area contributed by atoms with E-state index in [0.29, 0.717) is 11.4 Å². The highest BCUT2D eigenvalue weighted by atomic mass is 32.1. The van der Waals surface area contributed by atoms with Crippen molar-refractivity contribution in [3.8, 4) is 11.1 Å². The predicted octanol–water partition coefficient (Wildman–Crippen LogP) is 4.16. The minimum absolute atomic E-state index is 0.193. The van der Waals surface area contributed by atoms with Gasteiger partial charge in [0.15, 0.2) is 6.61 Å². The molecule has 0 N–H and O–H groups in total. The summed E-state index contributed by atoms with van der Waals surface area (Å²) < 4.78 is 5.32. The van der Waals surface area contributed by atoms with Crippen molar-refractivity contribution in [1.82, 2.24) is 0 Å². The molecule has 26 heavy (non-hydrogen) atoms. The number of anilines is 1. The molecule has 1 aromatic heterocycles. The molecule has 0 unspecified atom stereocenters. The molecule has 0 fully saturated rings. The summed E-state index contributed by atoms with van der Waals surface area (Å²) >= 11 is 1.33. The number of rotatable bonds is 4. The third kappa shape index (κ3) is 3.13. The van der Waals surface area contributed by atoms with Crippen LogP contribution in [0.4, 0.5) is 5.69 Å². The van der Waals surface area contributed by atoms with E-state index in [0.717, 1.165) is 28.8 Å². The number of amides is 1. The normalized spacial score (nSPS) is 12.7. The van der Waals surface area contributed by atoms with E-state index in [1.807, 2.05) is 66.0 Å². The molecule has 4 rings (SSSR count). The van der Waals surface area contributed by atoms with E-state index >= 15 is 0 Å². The molecule has 0 spiro atoms. The molecule has 3 aromatic rings. The van der Waals surface area contributed by atoms with E-state index in [-0.39, 0.29) is 12.5 Å². The second-order valence-corrected chi connectivity index (χ2v) is 6.95. The van der Waals surface area contributed by atoms with Gasteiger partial charge < -0.3 is 9.64 Å². The van der Waals surface area contributed by atoms with Crippen LogP contribution in [0.2, 0.25) is 0 Å². The summed E-state index contributed by atoms with van der Waals surface area (Å²) in [7, 11) is 0. The smallest absolute Gasteiger partial charge is 0.349 e. The highest BCUT2D eigenvalue weighted by molar-refractivity contribution is 7.12. The number of hydrogen-bond donors (Lipinski definition) is 0. The number of esters is 1. The van der Waals surface area contributed by atoms with Crippen molar-refractivity contribution in [2.75, 3.05) is 18.1 Å². The van der Waals surface area contributed by atoms with Crippen molar-refractivity contribution < 1.29 is 14.3 Å². The average Bonchev–Trinajstić information content (AvgIpc) is 3.33. The van der Waals surface area contributed by atoms with Gasteiger partial charge in [-0.15, -0.1) is 11.3 Å². The van der Waals surface area contributed by atoms with Crippen LogP contribution in [0, 0.1) is 0 Å². The molecule has 0 atom stereocenters. The molecule has 130 valence electrons. The topological polar surface area (TPSA) is 46.6 Å². The maximum Gasteiger partial charge on any atom is 0.349 e. The van der Waals surface area contributed by atoms with Gasteiger partial charge in [0.2, 0.25) is 0 Å². The molecule has 1 amide bonds. The van der Waals surface area contributed by atoms with Crippen molar-refractivity contribution in [3.05, 3.63) is 76.5 Å². The van der Waals surface area contributed by atoms with Crippen molar-refractivity contribution in [2.24, 2.45) is 0 Å². The fourth-order valence-electron chi connectivity index (χ4n) is 3.18. The van der Waals surface area contributed by atoms with Crippen LogP contribution in [0.3, 0.4) is 0 Å². The Bertz CT molecular complexity index is 949. The molecule has 2 heterocycles. The Kier molecular flexibility index (Phi) is 4.54. The number of carbonyl (C=O) groups is 2. The minimum atomic E-state index is -0.459. The first-order valence-electron chi connectivity index (χ1n) is 8.42. The summed E-state index contributed by atoms with van der Waals surface area (Å²) in [4.78, 5) is 27.2. The van der Waals surface area contributed by atoms with Crippen LogP contribution in [0.5, 0.6) is 0 Å². The van der Waals surface area contributed by atoms with Gasteiger partial charge in [-0.1, -0.05) is 48.5 Å². The van der Waals surface area contributed by atoms with Crippen molar-refractivity contribution >= 4 is 28.9 Å². The van der Waals surface area contributed by atoms with Gasteiger partial charge >= 0.3 is 5.97 Å². The molecule has 1 aliphatic heterocycles. The van der Waals surface area contributed by atoms with Crippen LogP contribution in [0.15, 0.2) is 66.0 Å². The lowest BCUT2D eigenvalue weighted by Gasteiger charge is -2.17. The second-order valence-electron chi connectivity index (χ2n) is 6.03. The fraction of sp³-hybridized carbons (Fsp3) is 0.143. The lowest BCUT2D eigenvalue weighted by molar-refractivity contribution is -0.121. The number of thiophene rings is 1. The first-order valence-corrected chi connectivity index (χ1v) is 9.30. The van der Waals surface area contributed by atoms with Gasteiger partial charge in [-0.2, -0.15) is 0 Å². The van der Waals surface area contributed by atoms with Gasteiger partial charge in [-0.3, -0.25) is 4.79 Å². The van der Waals surface area contributed by atoms with Gasteiger partial charge in [-0.25, -0.2) is 4.79 Å². The van der Waals surface area contributed by atoms with Gasteiger partial charge in [0.25, 0.3) is 5.91 Å². The molecule has 0 bridgehead atoms. The third-order valence-corrected chi connectivity index (χ3v) is 5.34. The maximum atomic E-state index is 12.5. The molecule has 5 heteroatoms. The number of carbonyl (C=O) groups excluding carboxylic acids is 2. The molecule has 0 radical (unpaired) electrons. The molecular weight excluding hydrogens is 346 g/mol. The number of ether oxygens (including phenoxy) is 1. The molecule has 0 saturated heterocycles. The highest BCUT2D eigenvalue weighted by Crippen LogP contribution is 2.29.